The zero-order valence-electron chi connectivity index (χ0n) is 18.3. The van der Waals surface area contributed by atoms with E-state index in [9.17, 15) is 18.0 Å². The number of alkyl halides is 3. The number of hydrogen-bond acceptors (Lipinski definition) is 1. The van der Waals surface area contributed by atoms with Gasteiger partial charge < -0.3 is 22.3 Å². The Bertz CT molecular complexity index is 1170. The van der Waals surface area contributed by atoms with Gasteiger partial charge in [-0.15, -0.1) is 0 Å². The summed E-state index contributed by atoms with van der Waals surface area (Å²) in [5.74, 6) is -1.99. The van der Waals surface area contributed by atoms with Gasteiger partial charge in [0.05, 0.1) is 0 Å². The maximum atomic E-state index is 13.1. The van der Waals surface area contributed by atoms with Crippen LogP contribution >= 0.6 is 23.2 Å². The summed E-state index contributed by atoms with van der Waals surface area (Å²) in [7, 11) is -2.36. The van der Waals surface area contributed by atoms with Gasteiger partial charge in [0.1, 0.15) is 29.3 Å². The molecule has 0 fully saturated rings. The van der Waals surface area contributed by atoms with E-state index in [0.29, 0.717) is 11.7 Å². The lowest BCUT2D eigenvalue weighted by molar-refractivity contribution is -0.167. The molecule has 0 unspecified atom stereocenters. The molecule has 0 saturated heterocycles. The topological polar surface area (TPSA) is 29.1 Å². The van der Waals surface area contributed by atoms with Crippen molar-refractivity contribution in [2.45, 2.75) is 12.3 Å². The Labute approximate surface area is 221 Å². The highest BCUT2D eigenvalue weighted by Crippen LogP contribution is 2.59. The van der Waals surface area contributed by atoms with Crippen LogP contribution in [0, 0.1) is 0 Å². The summed E-state index contributed by atoms with van der Waals surface area (Å²) in [6, 6.07) is 35.0. The molecule has 1 N–H and O–H groups in total. The van der Waals surface area contributed by atoms with E-state index in [1.165, 1.54) is 6.07 Å². The molecule has 4 aromatic carbocycles. The van der Waals surface area contributed by atoms with Gasteiger partial charge in [-0.25, -0.2) is 0 Å². The Hall–Kier alpha value is -2.47. The summed E-state index contributed by atoms with van der Waals surface area (Å²) < 4.78 is 39.9. The van der Waals surface area contributed by atoms with E-state index in [0.717, 1.165) is 20.4 Å². The molecule has 0 aliphatic carbocycles. The fourth-order valence-corrected chi connectivity index (χ4v) is 8.70. The first-order valence-corrected chi connectivity index (χ1v) is 13.3. The number of carbonyl (C=O) groups excluding carboxylic acids is 1. The molecule has 0 aromatic heterocycles. The van der Waals surface area contributed by atoms with Crippen molar-refractivity contribution >= 4 is 50.7 Å². The van der Waals surface area contributed by atoms with Crippen LogP contribution in [-0.2, 0) is 11.0 Å². The van der Waals surface area contributed by atoms with Gasteiger partial charge in [-0.05, 0) is 54.6 Å². The lowest BCUT2D eigenvalue weighted by Crippen LogP contribution is -3.00. The van der Waals surface area contributed by atoms with Crippen LogP contribution in [0.3, 0.4) is 0 Å². The maximum Gasteiger partial charge on any atom is 0.471 e. The predicted octanol–water partition coefficient (Wildman–Crippen LogP) is 3.45. The van der Waals surface area contributed by atoms with E-state index in [4.69, 9.17) is 0 Å². The van der Waals surface area contributed by atoms with Crippen molar-refractivity contribution < 1.29 is 34.9 Å². The fraction of sp³-hybridized carbons (Fsp3) is 0.0741. The normalized spacial score (nSPS) is 11.4. The van der Waals surface area contributed by atoms with Crippen molar-refractivity contribution in [1.82, 2.24) is 0 Å². The number of carbonyl (C=O) groups is 1. The van der Waals surface area contributed by atoms with Gasteiger partial charge in [0.15, 0.2) is 0 Å². The summed E-state index contributed by atoms with van der Waals surface area (Å²) in [4.78, 5) is 11.8. The Morgan fingerprint density at radius 1 is 0.743 bits per heavy atom. The van der Waals surface area contributed by atoms with Gasteiger partial charge >= 0.3 is 12.1 Å². The largest absolute Gasteiger partial charge is 1.00 e. The Balaban J connectivity index is 0.00000342. The molecule has 4 aromatic rings. The van der Waals surface area contributed by atoms with E-state index >= 15 is 0 Å². The van der Waals surface area contributed by atoms with Gasteiger partial charge in [-0.3, -0.25) is 4.79 Å². The third-order valence-electron chi connectivity index (χ3n) is 5.57. The molecular formula is C27H21Br2F3NOP. The number of halogens is 5. The lowest BCUT2D eigenvalue weighted by Gasteiger charge is -2.28. The first-order chi connectivity index (χ1) is 16.3. The molecule has 2 nitrogen and oxygen atoms in total. The van der Waals surface area contributed by atoms with Crippen LogP contribution in [-0.4, -0.2) is 12.1 Å². The van der Waals surface area contributed by atoms with Gasteiger partial charge in [-0.1, -0.05) is 70.5 Å². The van der Waals surface area contributed by atoms with E-state index in [1.54, 1.807) is 12.1 Å². The van der Waals surface area contributed by atoms with Crippen LogP contribution in [0.2, 0.25) is 0 Å². The van der Waals surface area contributed by atoms with Crippen LogP contribution in [0.15, 0.2) is 114 Å². The van der Waals surface area contributed by atoms with Crippen LogP contribution in [0.25, 0.3) is 0 Å². The molecule has 0 bridgehead atoms. The first-order valence-electron chi connectivity index (χ1n) is 10.5. The Kier molecular flexibility index (Phi) is 8.92. The molecule has 35 heavy (non-hydrogen) atoms. The SMILES string of the molecule is O=C(Nc1ccc(Br)cc1C[P+](c1ccccc1)(c1ccccc1)c1ccccc1)C(F)(F)F.[Br-]. The van der Waals surface area contributed by atoms with Crippen molar-refractivity contribution in [3.8, 4) is 0 Å². The lowest BCUT2D eigenvalue weighted by atomic mass is 10.2. The number of anilines is 1. The van der Waals surface area contributed by atoms with E-state index in [1.807, 2.05) is 54.6 Å². The maximum absolute atomic E-state index is 13.1. The average molecular weight is 623 g/mol. The second-order valence-corrected chi connectivity index (χ2v) is 12.1. The fourth-order valence-electron chi connectivity index (χ4n) is 4.03. The van der Waals surface area contributed by atoms with Crippen molar-refractivity contribution in [3.05, 3.63) is 119 Å². The summed E-state index contributed by atoms with van der Waals surface area (Å²) in [6.07, 6.45) is -4.55. The highest BCUT2D eigenvalue weighted by molar-refractivity contribution is 9.10. The van der Waals surface area contributed by atoms with Crippen LogP contribution in [0.4, 0.5) is 18.9 Å². The van der Waals surface area contributed by atoms with Gasteiger partial charge in [0.25, 0.3) is 0 Å². The number of hydrogen-bond donors (Lipinski definition) is 1. The molecule has 1 amide bonds. The van der Waals surface area contributed by atoms with E-state index in [-0.39, 0.29) is 22.7 Å². The molecule has 180 valence electrons. The zero-order chi connectivity index (χ0) is 24.2. The van der Waals surface area contributed by atoms with Crippen molar-refractivity contribution in [2.24, 2.45) is 0 Å². The highest BCUT2D eigenvalue weighted by Gasteiger charge is 2.46. The summed E-state index contributed by atoms with van der Waals surface area (Å²) >= 11 is 3.46. The quantitative estimate of drug-likeness (QED) is 0.328. The summed E-state index contributed by atoms with van der Waals surface area (Å²) in [6.45, 7) is 0. The van der Waals surface area contributed by atoms with Crippen LogP contribution in [0.5, 0.6) is 0 Å². The molecular weight excluding hydrogens is 602 g/mol. The average Bonchev–Trinajstić information content (AvgIpc) is 2.85. The molecule has 0 atom stereocenters. The van der Waals surface area contributed by atoms with Crippen LogP contribution < -0.4 is 38.2 Å². The monoisotopic (exact) mass is 621 g/mol. The van der Waals surface area contributed by atoms with E-state index < -0.39 is 19.3 Å². The van der Waals surface area contributed by atoms with Crippen molar-refractivity contribution in [3.63, 3.8) is 0 Å². The standard InChI is InChI=1S/C27H20BrF3NOP.BrH/c28-21-16-17-25(32-26(33)27(29,30)31)20(18-21)19-34(22-10-4-1-5-11-22,23-12-6-2-7-13-23)24-14-8-3-9-15-24;/h1-18H,19H2;1H. The summed E-state index contributed by atoms with van der Waals surface area (Å²) in [5.41, 5.74) is 0.773. The third kappa shape index (κ3) is 6.03. The number of benzene rings is 4. The number of rotatable bonds is 6. The second-order valence-electron chi connectivity index (χ2n) is 7.73. The minimum Gasteiger partial charge on any atom is -1.00 e. The smallest absolute Gasteiger partial charge is 0.471 e. The summed E-state index contributed by atoms with van der Waals surface area (Å²) in [5, 5.41) is 5.38. The molecule has 4 rings (SSSR count). The van der Waals surface area contributed by atoms with Crippen molar-refractivity contribution in [1.29, 1.82) is 0 Å². The molecule has 0 aliphatic rings. The number of nitrogens with one attached hydrogen (secondary N) is 1. The predicted molar refractivity (Wildman–Crippen MR) is 138 cm³/mol. The second kappa shape index (κ2) is 11.5. The van der Waals surface area contributed by atoms with Gasteiger partial charge in [0, 0.05) is 15.7 Å². The first kappa shape index (κ1) is 27.1. The van der Waals surface area contributed by atoms with E-state index in [2.05, 4.69) is 57.6 Å². The molecule has 0 radical (unpaired) electrons. The highest BCUT2D eigenvalue weighted by atomic mass is 79.9. The van der Waals surface area contributed by atoms with Gasteiger partial charge in [-0.2, -0.15) is 13.2 Å². The minimum atomic E-state index is -4.98. The Morgan fingerprint density at radius 2 is 1.17 bits per heavy atom. The molecule has 0 saturated carbocycles. The molecule has 0 spiro atoms. The molecule has 8 heteroatoms. The van der Waals surface area contributed by atoms with Crippen LogP contribution in [0.1, 0.15) is 5.56 Å². The zero-order valence-corrected chi connectivity index (χ0v) is 22.4. The number of amides is 1. The molecule has 0 heterocycles. The molecule has 0 aliphatic heterocycles. The van der Waals surface area contributed by atoms with Gasteiger partial charge in [0.2, 0.25) is 0 Å². The Morgan fingerprint density at radius 3 is 1.57 bits per heavy atom. The minimum absolute atomic E-state index is 0. The third-order valence-corrected chi connectivity index (χ3v) is 10.4. The van der Waals surface area contributed by atoms with Crippen molar-refractivity contribution in [2.75, 3.05) is 5.32 Å².